The SMILES string of the molecule is COc1ccccc1NC(=O)CN1C(=O)[C@@H](C)Oc2ccccc21. The molecule has 6 nitrogen and oxygen atoms in total. The van der Waals surface area contributed by atoms with E-state index in [1.165, 1.54) is 12.0 Å². The van der Waals surface area contributed by atoms with Crippen LogP contribution in [0.4, 0.5) is 11.4 Å². The lowest BCUT2D eigenvalue weighted by Crippen LogP contribution is -2.47. The van der Waals surface area contributed by atoms with Crippen molar-refractivity contribution in [2.45, 2.75) is 13.0 Å². The van der Waals surface area contributed by atoms with Crippen LogP contribution in [0.5, 0.6) is 11.5 Å². The lowest BCUT2D eigenvalue weighted by Gasteiger charge is -2.32. The Hall–Kier alpha value is -3.02. The maximum absolute atomic E-state index is 12.4. The van der Waals surface area contributed by atoms with Crippen molar-refractivity contribution in [1.29, 1.82) is 0 Å². The number of carbonyl (C=O) groups is 2. The number of para-hydroxylation sites is 4. The molecule has 1 atom stereocenters. The van der Waals surface area contributed by atoms with Crippen LogP contribution < -0.4 is 19.7 Å². The smallest absolute Gasteiger partial charge is 0.268 e. The molecule has 0 aromatic heterocycles. The van der Waals surface area contributed by atoms with Gasteiger partial charge in [-0.3, -0.25) is 14.5 Å². The van der Waals surface area contributed by atoms with Crippen LogP contribution in [0, 0.1) is 0 Å². The number of fused-ring (bicyclic) bond motifs is 1. The minimum atomic E-state index is -0.626. The van der Waals surface area contributed by atoms with E-state index >= 15 is 0 Å². The Kier molecular flexibility index (Phi) is 4.37. The number of amides is 2. The molecular weight excluding hydrogens is 308 g/mol. The molecule has 124 valence electrons. The van der Waals surface area contributed by atoms with Gasteiger partial charge >= 0.3 is 0 Å². The van der Waals surface area contributed by atoms with E-state index in [-0.39, 0.29) is 18.4 Å². The van der Waals surface area contributed by atoms with Crippen LogP contribution in [0.15, 0.2) is 48.5 Å². The monoisotopic (exact) mass is 326 g/mol. The summed E-state index contributed by atoms with van der Waals surface area (Å²) in [7, 11) is 1.54. The summed E-state index contributed by atoms with van der Waals surface area (Å²) in [6.45, 7) is 1.57. The number of methoxy groups -OCH3 is 1. The van der Waals surface area contributed by atoms with Crippen molar-refractivity contribution in [3.63, 3.8) is 0 Å². The second-order valence-corrected chi connectivity index (χ2v) is 5.40. The zero-order valence-corrected chi connectivity index (χ0v) is 13.5. The van der Waals surface area contributed by atoms with Crippen LogP contribution in [0.25, 0.3) is 0 Å². The van der Waals surface area contributed by atoms with Gasteiger partial charge in [0.2, 0.25) is 5.91 Å². The molecule has 2 aromatic carbocycles. The van der Waals surface area contributed by atoms with Gasteiger partial charge in [-0.15, -0.1) is 0 Å². The lowest BCUT2D eigenvalue weighted by molar-refractivity contribution is -0.127. The summed E-state index contributed by atoms with van der Waals surface area (Å²) in [6, 6.07) is 14.3. The second-order valence-electron chi connectivity index (χ2n) is 5.40. The first-order valence-corrected chi connectivity index (χ1v) is 7.60. The highest BCUT2D eigenvalue weighted by atomic mass is 16.5. The molecule has 1 aliphatic rings. The molecule has 6 heteroatoms. The third-order valence-corrected chi connectivity index (χ3v) is 3.76. The van der Waals surface area contributed by atoms with Crippen LogP contribution in [-0.2, 0) is 9.59 Å². The summed E-state index contributed by atoms with van der Waals surface area (Å²) in [5.74, 6) is 0.600. The molecule has 1 N–H and O–H groups in total. The van der Waals surface area contributed by atoms with Crippen molar-refractivity contribution in [3.05, 3.63) is 48.5 Å². The molecule has 0 radical (unpaired) electrons. The van der Waals surface area contributed by atoms with Gasteiger partial charge in [0.05, 0.1) is 18.5 Å². The molecule has 0 aliphatic carbocycles. The normalized spacial score (nSPS) is 16.2. The quantitative estimate of drug-likeness (QED) is 0.937. The number of rotatable bonds is 4. The maximum atomic E-state index is 12.4. The summed E-state index contributed by atoms with van der Waals surface area (Å²) in [6.07, 6.45) is -0.626. The fourth-order valence-corrected chi connectivity index (χ4v) is 2.60. The van der Waals surface area contributed by atoms with Crippen molar-refractivity contribution < 1.29 is 19.1 Å². The average Bonchev–Trinajstić information content (AvgIpc) is 2.59. The van der Waals surface area contributed by atoms with Crippen molar-refractivity contribution in [1.82, 2.24) is 0 Å². The predicted octanol–water partition coefficient (Wildman–Crippen LogP) is 2.45. The Balaban J connectivity index is 1.80. The molecule has 24 heavy (non-hydrogen) atoms. The number of ether oxygens (including phenoxy) is 2. The van der Waals surface area contributed by atoms with Crippen molar-refractivity contribution in [2.24, 2.45) is 0 Å². The van der Waals surface area contributed by atoms with Crippen LogP contribution in [0.2, 0.25) is 0 Å². The molecule has 0 bridgehead atoms. The summed E-state index contributed by atoms with van der Waals surface area (Å²) >= 11 is 0. The number of anilines is 2. The van der Waals surface area contributed by atoms with Crippen molar-refractivity contribution >= 4 is 23.2 Å². The van der Waals surface area contributed by atoms with E-state index in [1.807, 2.05) is 12.1 Å². The molecule has 3 rings (SSSR count). The Morgan fingerprint density at radius 2 is 1.92 bits per heavy atom. The molecule has 0 saturated heterocycles. The first-order chi connectivity index (χ1) is 11.6. The van der Waals surface area contributed by atoms with Gasteiger partial charge in [0, 0.05) is 0 Å². The largest absolute Gasteiger partial charge is 0.495 e. The second kappa shape index (κ2) is 6.62. The molecule has 0 saturated carbocycles. The number of nitrogens with zero attached hydrogens (tertiary/aromatic N) is 1. The highest BCUT2D eigenvalue weighted by molar-refractivity contribution is 6.06. The third kappa shape index (κ3) is 3.03. The zero-order chi connectivity index (χ0) is 17.1. The van der Waals surface area contributed by atoms with E-state index in [2.05, 4.69) is 5.32 Å². The van der Waals surface area contributed by atoms with E-state index < -0.39 is 6.10 Å². The molecular formula is C18H18N2O4. The van der Waals surface area contributed by atoms with Gasteiger partial charge in [-0.25, -0.2) is 0 Å². The number of benzene rings is 2. The molecule has 2 amide bonds. The number of nitrogens with one attached hydrogen (secondary N) is 1. The van der Waals surface area contributed by atoms with Gasteiger partial charge in [-0.2, -0.15) is 0 Å². The van der Waals surface area contributed by atoms with E-state index in [0.717, 1.165) is 0 Å². The highest BCUT2D eigenvalue weighted by Crippen LogP contribution is 2.33. The molecule has 0 fully saturated rings. The third-order valence-electron chi connectivity index (χ3n) is 3.76. The Labute approximate surface area is 140 Å². The van der Waals surface area contributed by atoms with Gasteiger partial charge < -0.3 is 14.8 Å². The summed E-state index contributed by atoms with van der Waals surface area (Å²) < 4.78 is 10.8. The van der Waals surface area contributed by atoms with Gasteiger partial charge in [-0.1, -0.05) is 24.3 Å². The highest BCUT2D eigenvalue weighted by Gasteiger charge is 2.32. The molecule has 1 aliphatic heterocycles. The summed E-state index contributed by atoms with van der Waals surface area (Å²) in [5, 5.41) is 2.78. The van der Waals surface area contributed by atoms with Gasteiger partial charge in [-0.05, 0) is 31.2 Å². The molecule has 1 heterocycles. The van der Waals surface area contributed by atoms with Crippen LogP contribution >= 0.6 is 0 Å². The van der Waals surface area contributed by atoms with Gasteiger partial charge in [0.1, 0.15) is 18.0 Å². The summed E-state index contributed by atoms with van der Waals surface area (Å²) in [4.78, 5) is 26.2. The van der Waals surface area contributed by atoms with E-state index in [0.29, 0.717) is 22.9 Å². The first-order valence-electron chi connectivity index (χ1n) is 7.60. The Morgan fingerprint density at radius 1 is 1.21 bits per heavy atom. The lowest BCUT2D eigenvalue weighted by atomic mass is 10.2. The van der Waals surface area contributed by atoms with Crippen molar-refractivity contribution in [2.75, 3.05) is 23.9 Å². The number of hydrogen-bond acceptors (Lipinski definition) is 4. The Morgan fingerprint density at radius 3 is 2.71 bits per heavy atom. The maximum Gasteiger partial charge on any atom is 0.268 e. The van der Waals surface area contributed by atoms with Crippen LogP contribution in [-0.4, -0.2) is 31.6 Å². The minimum Gasteiger partial charge on any atom is -0.495 e. The van der Waals surface area contributed by atoms with E-state index in [4.69, 9.17) is 9.47 Å². The number of hydrogen-bond donors (Lipinski definition) is 1. The standard InChI is InChI=1S/C18H18N2O4/c1-12-18(22)20(14-8-4-6-10-16(14)24-12)11-17(21)19-13-7-3-5-9-15(13)23-2/h3-10,12H,11H2,1-2H3,(H,19,21)/t12-/m1/s1. The van der Waals surface area contributed by atoms with Crippen LogP contribution in [0.3, 0.4) is 0 Å². The predicted molar refractivity (Wildman–Crippen MR) is 90.5 cm³/mol. The van der Waals surface area contributed by atoms with Gasteiger partial charge in [0.15, 0.2) is 6.10 Å². The van der Waals surface area contributed by atoms with Crippen molar-refractivity contribution in [3.8, 4) is 11.5 Å². The zero-order valence-electron chi connectivity index (χ0n) is 13.5. The Bertz CT molecular complexity index is 775. The number of carbonyl (C=O) groups excluding carboxylic acids is 2. The fraction of sp³-hybridized carbons (Fsp3) is 0.222. The molecule has 0 unspecified atom stereocenters. The fourth-order valence-electron chi connectivity index (χ4n) is 2.60. The molecule has 0 spiro atoms. The van der Waals surface area contributed by atoms with Gasteiger partial charge in [0.25, 0.3) is 5.91 Å². The van der Waals surface area contributed by atoms with Crippen LogP contribution in [0.1, 0.15) is 6.92 Å². The first kappa shape index (κ1) is 15.9. The molecule has 2 aromatic rings. The minimum absolute atomic E-state index is 0.0956. The average molecular weight is 326 g/mol. The summed E-state index contributed by atoms with van der Waals surface area (Å²) in [5.41, 5.74) is 1.16. The topological polar surface area (TPSA) is 67.9 Å². The van der Waals surface area contributed by atoms with E-state index in [9.17, 15) is 9.59 Å². The van der Waals surface area contributed by atoms with E-state index in [1.54, 1.807) is 43.3 Å².